The predicted octanol–water partition coefficient (Wildman–Crippen LogP) is 3.01. The average molecular weight is 238 g/mol. The van der Waals surface area contributed by atoms with Crippen molar-refractivity contribution in [1.29, 1.82) is 0 Å². The Balaban J connectivity index is 2.55. The topological polar surface area (TPSA) is 28.4 Å². The van der Waals surface area contributed by atoms with E-state index in [0.717, 1.165) is 31.9 Å². The molecule has 0 aliphatic carbocycles. The van der Waals surface area contributed by atoms with Crippen molar-refractivity contribution in [3.63, 3.8) is 0 Å². The Morgan fingerprint density at radius 1 is 1.35 bits per heavy atom. The summed E-state index contributed by atoms with van der Waals surface area (Å²) in [6.45, 7) is 12.8. The fourth-order valence-corrected chi connectivity index (χ4v) is 1.91. The molecule has 0 aliphatic rings. The zero-order chi connectivity index (χ0) is 12.7. The highest BCUT2D eigenvalue weighted by atomic mass is 16.3. The van der Waals surface area contributed by atoms with Crippen molar-refractivity contribution < 1.29 is 4.42 Å². The Morgan fingerprint density at radius 3 is 2.71 bits per heavy atom. The zero-order valence-corrected chi connectivity index (χ0v) is 11.6. The largest absolute Gasteiger partial charge is 0.468 e. The molecule has 0 aliphatic heterocycles. The van der Waals surface area contributed by atoms with Gasteiger partial charge in [0, 0.05) is 18.2 Å². The Bertz CT molecular complexity index is 307. The van der Waals surface area contributed by atoms with Gasteiger partial charge in [-0.2, -0.15) is 0 Å². The van der Waals surface area contributed by atoms with Crippen LogP contribution in [-0.4, -0.2) is 24.0 Å². The molecule has 0 spiro atoms. The van der Waals surface area contributed by atoms with Crippen molar-refractivity contribution in [2.45, 2.75) is 53.2 Å². The van der Waals surface area contributed by atoms with Crippen LogP contribution in [0.2, 0.25) is 0 Å². The molecule has 3 nitrogen and oxygen atoms in total. The van der Waals surface area contributed by atoms with E-state index in [0.29, 0.717) is 6.04 Å². The van der Waals surface area contributed by atoms with E-state index in [4.69, 9.17) is 4.42 Å². The molecular formula is C14H26N2O. The van der Waals surface area contributed by atoms with Gasteiger partial charge in [-0.3, -0.25) is 4.90 Å². The average Bonchev–Trinajstić information content (AvgIpc) is 2.73. The molecule has 1 aromatic rings. The van der Waals surface area contributed by atoms with Crippen LogP contribution in [0, 0.1) is 0 Å². The van der Waals surface area contributed by atoms with E-state index >= 15 is 0 Å². The molecule has 0 saturated carbocycles. The number of hydrogen-bond donors (Lipinski definition) is 1. The van der Waals surface area contributed by atoms with Crippen LogP contribution in [0.1, 0.15) is 45.4 Å². The normalized spacial score (nSPS) is 11.6. The highest BCUT2D eigenvalue weighted by molar-refractivity contribution is 5.16. The summed E-state index contributed by atoms with van der Waals surface area (Å²) in [5.41, 5.74) is 1.29. The van der Waals surface area contributed by atoms with Crippen LogP contribution in [0.4, 0.5) is 0 Å². The number of furan rings is 1. The second-order valence-electron chi connectivity index (χ2n) is 4.70. The molecule has 0 amide bonds. The van der Waals surface area contributed by atoms with E-state index in [1.54, 1.807) is 6.26 Å². The van der Waals surface area contributed by atoms with Crippen LogP contribution >= 0.6 is 0 Å². The summed E-state index contributed by atoms with van der Waals surface area (Å²) in [6, 6.07) is 2.63. The third-order valence-electron chi connectivity index (χ3n) is 3.06. The van der Waals surface area contributed by atoms with Gasteiger partial charge in [0.25, 0.3) is 0 Å². The second-order valence-corrected chi connectivity index (χ2v) is 4.70. The number of rotatable bonds is 8. The minimum atomic E-state index is 0.557. The van der Waals surface area contributed by atoms with Crippen molar-refractivity contribution in [3.05, 3.63) is 23.7 Å². The summed E-state index contributed by atoms with van der Waals surface area (Å²) in [5, 5.41) is 3.42. The van der Waals surface area contributed by atoms with Crippen molar-refractivity contribution >= 4 is 0 Å². The third kappa shape index (κ3) is 4.52. The fourth-order valence-electron chi connectivity index (χ4n) is 1.91. The maximum absolute atomic E-state index is 5.60. The smallest absolute Gasteiger partial charge is 0.122 e. The number of hydrogen-bond acceptors (Lipinski definition) is 3. The van der Waals surface area contributed by atoms with Crippen LogP contribution in [-0.2, 0) is 13.1 Å². The first-order valence-electron chi connectivity index (χ1n) is 6.69. The van der Waals surface area contributed by atoms with Crippen molar-refractivity contribution in [1.82, 2.24) is 10.2 Å². The molecule has 0 aromatic carbocycles. The molecule has 0 radical (unpaired) electrons. The van der Waals surface area contributed by atoms with Crippen LogP contribution in [0.15, 0.2) is 16.7 Å². The van der Waals surface area contributed by atoms with Gasteiger partial charge in [-0.25, -0.2) is 0 Å². The van der Waals surface area contributed by atoms with Crippen LogP contribution < -0.4 is 5.32 Å². The van der Waals surface area contributed by atoms with Gasteiger partial charge in [0.2, 0.25) is 0 Å². The van der Waals surface area contributed by atoms with Crippen molar-refractivity contribution in [3.8, 4) is 0 Å². The van der Waals surface area contributed by atoms with E-state index in [1.165, 1.54) is 12.0 Å². The van der Waals surface area contributed by atoms with Gasteiger partial charge >= 0.3 is 0 Å². The summed E-state index contributed by atoms with van der Waals surface area (Å²) >= 11 is 0. The summed E-state index contributed by atoms with van der Waals surface area (Å²) < 4.78 is 5.60. The van der Waals surface area contributed by atoms with E-state index in [-0.39, 0.29) is 0 Å². The van der Waals surface area contributed by atoms with Crippen molar-refractivity contribution in [2.24, 2.45) is 0 Å². The lowest BCUT2D eigenvalue weighted by molar-refractivity contribution is 0.206. The molecule has 1 rings (SSSR count). The van der Waals surface area contributed by atoms with E-state index < -0.39 is 0 Å². The SMILES string of the molecule is CCCNCc1ccoc1CN(CC)C(C)C. The monoisotopic (exact) mass is 238 g/mol. The minimum absolute atomic E-state index is 0.557. The number of nitrogens with one attached hydrogen (secondary N) is 1. The number of nitrogens with zero attached hydrogens (tertiary/aromatic N) is 1. The van der Waals surface area contributed by atoms with Gasteiger partial charge in [0.05, 0.1) is 12.8 Å². The summed E-state index contributed by atoms with van der Waals surface area (Å²) in [7, 11) is 0. The Labute approximate surface area is 105 Å². The van der Waals surface area contributed by atoms with Crippen LogP contribution in [0.5, 0.6) is 0 Å². The molecule has 0 saturated heterocycles. The first kappa shape index (κ1) is 14.3. The quantitative estimate of drug-likeness (QED) is 0.706. The predicted molar refractivity (Wildman–Crippen MR) is 71.9 cm³/mol. The molecule has 3 heteroatoms. The Kier molecular flexibility index (Phi) is 6.30. The lowest BCUT2D eigenvalue weighted by atomic mass is 10.2. The lowest BCUT2D eigenvalue weighted by Gasteiger charge is -2.24. The summed E-state index contributed by atoms with van der Waals surface area (Å²) in [5.74, 6) is 1.10. The molecule has 17 heavy (non-hydrogen) atoms. The van der Waals surface area contributed by atoms with Gasteiger partial charge in [-0.15, -0.1) is 0 Å². The van der Waals surface area contributed by atoms with Gasteiger partial charge in [0.15, 0.2) is 0 Å². The van der Waals surface area contributed by atoms with E-state index in [1.807, 2.05) is 0 Å². The fraction of sp³-hybridized carbons (Fsp3) is 0.714. The highest BCUT2D eigenvalue weighted by Gasteiger charge is 2.12. The van der Waals surface area contributed by atoms with Gasteiger partial charge in [0.1, 0.15) is 5.76 Å². The maximum Gasteiger partial charge on any atom is 0.122 e. The van der Waals surface area contributed by atoms with E-state index in [9.17, 15) is 0 Å². The lowest BCUT2D eigenvalue weighted by Crippen LogP contribution is -2.30. The first-order chi connectivity index (χ1) is 8.19. The third-order valence-corrected chi connectivity index (χ3v) is 3.06. The Morgan fingerprint density at radius 2 is 2.12 bits per heavy atom. The van der Waals surface area contributed by atoms with Gasteiger partial charge < -0.3 is 9.73 Å². The molecule has 0 unspecified atom stereocenters. The molecule has 98 valence electrons. The standard InChI is InChI=1S/C14H26N2O/c1-5-8-15-10-13-7-9-17-14(13)11-16(6-2)12(3)4/h7,9,12,15H,5-6,8,10-11H2,1-4H3. The van der Waals surface area contributed by atoms with Gasteiger partial charge in [-0.1, -0.05) is 13.8 Å². The maximum atomic E-state index is 5.60. The molecule has 0 bridgehead atoms. The van der Waals surface area contributed by atoms with E-state index in [2.05, 4.69) is 44.0 Å². The summed E-state index contributed by atoms with van der Waals surface area (Å²) in [6.07, 6.45) is 2.97. The molecule has 0 fully saturated rings. The Hall–Kier alpha value is -0.800. The van der Waals surface area contributed by atoms with Gasteiger partial charge in [-0.05, 0) is 39.4 Å². The highest BCUT2D eigenvalue weighted by Crippen LogP contribution is 2.14. The minimum Gasteiger partial charge on any atom is -0.468 e. The van der Waals surface area contributed by atoms with Crippen LogP contribution in [0.3, 0.4) is 0 Å². The first-order valence-corrected chi connectivity index (χ1v) is 6.69. The zero-order valence-electron chi connectivity index (χ0n) is 11.6. The molecule has 1 aromatic heterocycles. The van der Waals surface area contributed by atoms with Crippen molar-refractivity contribution in [2.75, 3.05) is 13.1 Å². The molecule has 1 heterocycles. The molecular weight excluding hydrogens is 212 g/mol. The summed E-state index contributed by atoms with van der Waals surface area (Å²) in [4.78, 5) is 2.40. The second kappa shape index (κ2) is 7.51. The molecule has 1 N–H and O–H groups in total. The van der Waals surface area contributed by atoms with Crippen LogP contribution in [0.25, 0.3) is 0 Å². The molecule has 0 atom stereocenters.